The topological polar surface area (TPSA) is 60.7 Å². The van der Waals surface area contributed by atoms with Crippen molar-refractivity contribution in [3.63, 3.8) is 0 Å². The van der Waals surface area contributed by atoms with Gasteiger partial charge in [-0.25, -0.2) is 0 Å². The van der Waals surface area contributed by atoms with E-state index in [9.17, 15) is 4.79 Å². The van der Waals surface area contributed by atoms with Crippen LogP contribution in [0.15, 0.2) is 53.4 Å². The number of rotatable bonds is 4. The van der Waals surface area contributed by atoms with Gasteiger partial charge in [0.1, 0.15) is 12.0 Å². The minimum Gasteiger partial charge on any atom is -0.287 e. The van der Waals surface area contributed by atoms with E-state index in [1.54, 1.807) is 35.0 Å². The summed E-state index contributed by atoms with van der Waals surface area (Å²) in [6.07, 6.45) is 3.13. The molecule has 0 fully saturated rings. The molecule has 0 aliphatic carbocycles. The molecule has 2 heterocycles. The number of pyridine rings is 1. The van der Waals surface area contributed by atoms with Crippen LogP contribution < -0.4 is 0 Å². The van der Waals surface area contributed by atoms with Crippen LogP contribution in [0.5, 0.6) is 0 Å². The summed E-state index contributed by atoms with van der Waals surface area (Å²) in [4.78, 5) is 16.9. The van der Waals surface area contributed by atoms with Crippen LogP contribution in [0.2, 0.25) is 0 Å². The van der Waals surface area contributed by atoms with Crippen LogP contribution in [-0.4, -0.2) is 25.5 Å². The molecule has 1 aromatic carbocycles. The van der Waals surface area contributed by atoms with Gasteiger partial charge in [-0.15, -0.1) is 21.8 Å². The van der Waals surface area contributed by atoms with Crippen molar-refractivity contribution in [2.45, 2.75) is 5.88 Å². The molecule has 0 saturated carbocycles. The lowest BCUT2D eigenvalue weighted by Crippen LogP contribution is -2.10. The monoisotopic (exact) mass is 376 g/mol. The zero-order chi connectivity index (χ0) is 15.5. The molecule has 0 spiro atoms. The zero-order valence-electron chi connectivity index (χ0n) is 11.3. The molecule has 0 atom stereocenters. The molecule has 7 heteroatoms. The third-order valence-corrected chi connectivity index (χ3v) is 3.83. The van der Waals surface area contributed by atoms with Crippen LogP contribution in [0.25, 0.3) is 5.69 Å². The zero-order valence-corrected chi connectivity index (χ0v) is 13.6. The van der Waals surface area contributed by atoms with E-state index in [4.69, 9.17) is 11.6 Å². The summed E-state index contributed by atoms with van der Waals surface area (Å²) in [5.74, 6) is 0.595. The fourth-order valence-corrected chi connectivity index (χ4v) is 2.63. The van der Waals surface area contributed by atoms with E-state index in [-0.39, 0.29) is 11.7 Å². The van der Waals surface area contributed by atoms with Crippen molar-refractivity contribution >= 4 is 33.3 Å². The summed E-state index contributed by atoms with van der Waals surface area (Å²) in [6.45, 7) is 0. The van der Waals surface area contributed by atoms with Crippen molar-refractivity contribution in [2.75, 3.05) is 0 Å². The molecular weight excluding hydrogens is 368 g/mol. The Bertz CT molecular complexity index is 819. The molecule has 0 amide bonds. The Morgan fingerprint density at radius 1 is 1.27 bits per heavy atom. The number of benzene rings is 1. The summed E-state index contributed by atoms with van der Waals surface area (Å²) < 4.78 is 2.51. The van der Waals surface area contributed by atoms with Crippen LogP contribution in [0.3, 0.4) is 0 Å². The van der Waals surface area contributed by atoms with Crippen LogP contribution in [0.4, 0.5) is 0 Å². The van der Waals surface area contributed by atoms with Crippen LogP contribution in [0.1, 0.15) is 21.9 Å². The van der Waals surface area contributed by atoms with Gasteiger partial charge >= 0.3 is 0 Å². The van der Waals surface area contributed by atoms with Crippen LogP contribution >= 0.6 is 27.5 Å². The van der Waals surface area contributed by atoms with Gasteiger partial charge in [0.25, 0.3) is 0 Å². The summed E-state index contributed by atoms with van der Waals surface area (Å²) in [6, 6.07) is 10.7. The van der Waals surface area contributed by atoms with Gasteiger partial charge in [0.15, 0.2) is 5.82 Å². The van der Waals surface area contributed by atoms with Gasteiger partial charge in [-0.1, -0.05) is 22.0 Å². The Balaban J connectivity index is 2.15. The predicted octanol–water partition coefficient (Wildman–Crippen LogP) is 3.39. The first-order chi connectivity index (χ1) is 10.7. The van der Waals surface area contributed by atoms with E-state index >= 15 is 0 Å². The molecule has 0 aliphatic rings. The highest BCUT2D eigenvalue weighted by molar-refractivity contribution is 9.10. The minimum absolute atomic E-state index is 0.175. The molecule has 0 N–H and O–H groups in total. The molecule has 0 radical (unpaired) electrons. The normalized spacial score (nSPS) is 10.6. The molecule has 22 heavy (non-hydrogen) atoms. The second-order valence-electron chi connectivity index (χ2n) is 4.46. The van der Waals surface area contributed by atoms with E-state index in [1.165, 1.54) is 6.33 Å². The van der Waals surface area contributed by atoms with Gasteiger partial charge in [0.2, 0.25) is 5.78 Å². The molecule has 0 unspecified atom stereocenters. The van der Waals surface area contributed by atoms with Gasteiger partial charge in [-0.3, -0.25) is 14.3 Å². The molecule has 3 aromatic rings. The number of carbonyl (C=O) groups is 1. The molecule has 3 rings (SSSR count). The highest BCUT2D eigenvalue weighted by atomic mass is 79.9. The van der Waals surface area contributed by atoms with Gasteiger partial charge < -0.3 is 0 Å². The van der Waals surface area contributed by atoms with Gasteiger partial charge in [-0.05, 0) is 30.3 Å². The first-order valence-corrected chi connectivity index (χ1v) is 7.74. The average Bonchev–Trinajstić information content (AvgIpc) is 3.03. The van der Waals surface area contributed by atoms with Crippen molar-refractivity contribution in [3.05, 3.63) is 70.5 Å². The van der Waals surface area contributed by atoms with Gasteiger partial charge in [-0.2, -0.15) is 0 Å². The third kappa shape index (κ3) is 2.80. The van der Waals surface area contributed by atoms with E-state index in [0.29, 0.717) is 22.8 Å². The van der Waals surface area contributed by atoms with Gasteiger partial charge in [0, 0.05) is 16.2 Å². The Hall–Kier alpha value is -2.05. The maximum absolute atomic E-state index is 12.7. The van der Waals surface area contributed by atoms with Crippen LogP contribution in [-0.2, 0) is 5.88 Å². The van der Waals surface area contributed by atoms with Crippen molar-refractivity contribution in [1.29, 1.82) is 0 Å². The second-order valence-corrected chi connectivity index (χ2v) is 5.64. The van der Waals surface area contributed by atoms with E-state index < -0.39 is 0 Å². The number of aromatic nitrogens is 4. The van der Waals surface area contributed by atoms with E-state index in [0.717, 1.165) is 4.47 Å². The van der Waals surface area contributed by atoms with Crippen molar-refractivity contribution in [3.8, 4) is 5.69 Å². The number of ketones is 1. The van der Waals surface area contributed by atoms with E-state index in [1.807, 2.05) is 12.1 Å². The largest absolute Gasteiger partial charge is 0.287 e. The fourth-order valence-electron chi connectivity index (χ4n) is 2.09. The van der Waals surface area contributed by atoms with Crippen molar-refractivity contribution in [1.82, 2.24) is 19.7 Å². The molecule has 110 valence electrons. The smallest absolute Gasteiger partial charge is 0.213 e. The Morgan fingerprint density at radius 3 is 2.86 bits per heavy atom. The second kappa shape index (κ2) is 6.37. The lowest BCUT2D eigenvalue weighted by Gasteiger charge is -2.11. The maximum Gasteiger partial charge on any atom is 0.213 e. The SMILES string of the molecule is O=C(c1ccccn1)c1cc(Br)ccc1-n1cnnc1CCl. The number of nitrogens with zero attached hydrogens (tertiary/aromatic N) is 4. The molecule has 5 nitrogen and oxygen atoms in total. The summed E-state index contributed by atoms with van der Waals surface area (Å²) in [5.41, 5.74) is 1.54. The molecule has 0 bridgehead atoms. The molecule has 0 aliphatic heterocycles. The van der Waals surface area contributed by atoms with Crippen molar-refractivity contribution in [2.24, 2.45) is 0 Å². The first kappa shape index (κ1) is 14.9. The maximum atomic E-state index is 12.7. The summed E-state index contributed by atoms with van der Waals surface area (Å²) >= 11 is 9.27. The first-order valence-electron chi connectivity index (χ1n) is 6.41. The summed E-state index contributed by atoms with van der Waals surface area (Å²) in [5, 5.41) is 7.80. The summed E-state index contributed by atoms with van der Waals surface area (Å²) in [7, 11) is 0. The highest BCUT2D eigenvalue weighted by Gasteiger charge is 2.18. The molecule has 2 aromatic heterocycles. The fraction of sp³-hybridized carbons (Fsp3) is 0.0667. The average molecular weight is 378 g/mol. The Morgan fingerprint density at radius 2 is 2.14 bits per heavy atom. The highest BCUT2D eigenvalue weighted by Crippen LogP contribution is 2.23. The third-order valence-electron chi connectivity index (χ3n) is 3.10. The van der Waals surface area contributed by atoms with E-state index in [2.05, 4.69) is 31.1 Å². The van der Waals surface area contributed by atoms with Crippen molar-refractivity contribution < 1.29 is 4.79 Å². The van der Waals surface area contributed by atoms with Crippen LogP contribution in [0, 0.1) is 0 Å². The Labute approximate surface area is 140 Å². The number of carbonyl (C=O) groups excluding carboxylic acids is 1. The number of hydrogen-bond donors (Lipinski definition) is 0. The molecule has 0 saturated heterocycles. The number of halogens is 2. The number of alkyl halides is 1. The lowest BCUT2D eigenvalue weighted by atomic mass is 10.1. The molecular formula is C15H10BrClN4O. The Kier molecular flexibility index (Phi) is 4.31. The predicted molar refractivity (Wildman–Crippen MR) is 86.3 cm³/mol. The van der Waals surface area contributed by atoms with Gasteiger partial charge in [0.05, 0.1) is 11.6 Å². The quantitative estimate of drug-likeness (QED) is 0.516. The minimum atomic E-state index is -0.175. The standard InChI is InChI=1S/C15H10BrClN4O/c16-10-4-5-13(21-9-19-20-14(21)8-17)11(7-10)15(22)12-3-1-2-6-18-12/h1-7,9H,8H2. The lowest BCUT2D eigenvalue weighted by molar-refractivity contribution is 0.103. The number of hydrogen-bond acceptors (Lipinski definition) is 4.